The van der Waals surface area contributed by atoms with Crippen LogP contribution in [0.4, 0.5) is 0 Å². The number of carbonyl (C=O) groups excluding carboxylic acids is 1. The van der Waals surface area contributed by atoms with Crippen molar-refractivity contribution in [3.05, 3.63) is 75.8 Å². The van der Waals surface area contributed by atoms with Gasteiger partial charge in [0.05, 0.1) is 0 Å². The van der Waals surface area contributed by atoms with Crippen molar-refractivity contribution in [3.8, 4) is 0 Å². The third kappa shape index (κ3) is 4.75. The van der Waals surface area contributed by atoms with Crippen molar-refractivity contribution in [2.24, 2.45) is 11.7 Å². The first-order chi connectivity index (χ1) is 13.3. The van der Waals surface area contributed by atoms with Gasteiger partial charge in [-0.1, -0.05) is 17.7 Å². The zero-order valence-electron chi connectivity index (χ0n) is 15.2. The molecule has 3 heterocycles. The van der Waals surface area contributed by atoms with E-state index in [-0.39, 0.29) is 17.7 Å². The molecule has 3 rings (SSSR count). The summed E-state index contributed by atoms with van der Waals surface area (Å²) in [4.78, 5) is 18.2. The summed E-state index contributed by atoms with van der Waals surface area (Å²) >= 11 is 5.79. The molecule has 1 atom stereocenters. The van der Waals surface area contributed by atoms with Gasteiger partial charge in [-0.15, -0.1) is 0 Å². The molecule has 2 aliphatic rings. The highest BCUT2D eigenvalue weighted by Gasteiger charge is 2.33. The molecule has 0 bridgehead atoms. The lowest BCUT2D eigenvalue weighted by atomic mass is 9.90. The van der Waals surface area contributed by atoms with Crippen LogP contribution in [-0.2, 0) is 11.2 Å². The molecular weight excluding hydrogens is 371 g/mol. The van der Waals surface area contributed by atoms with Crippen LogP contribution in [0.25, 0.3) is 0 Å². The second-order valence-corrected chi connectivity index (χ2v) is 7.01. The third-order valence-corrected chi connectivity index (χ3v) is 4.77. The maximum absolute atomic E-state index is 12.7. The summed E-state index contributed by atoms with van der Waals surface area (Å²) in [7, 11) is 11.4. The van der Waals surface area contributed by atoms with Gasteiger partial charge in [0.1, 0.15) is 26.7 Å². The van der Waals surface area contributed by atoms with Gasteiger partial charge in [0.25, 0.3) is 0 Å². The van der Waals surface area contributed by atoms with Crippen molar-refractivity contribution in [1.82, 2.24) is 15.2 Å². The van der Waals surface area contributed by atoms with Crippen LogP contribution >= 0.6 is 11.6 Å². The summed E-state index contributed by atoms with van der Waals surface area (Å²) in [5.41, 5.74) is 8.79. The molecule has 2 aliphatic heterocycles. The van der Waals surface area contributed by atoms with Gasteiger partial charge in [-0.25, -0.2) is 4.98 Å². The van der Waals surface area contributed by atoms with Crippen LogP contribution in [0.15, 0.2) is 65.1 Å². The lowest BCUT2D eigenvalue weighted by molar-refractivity contribution is -0.127. The van der Waals surface area contributed by atoms with Crippen molar-refractivity contribution in [2.45, 2.75) is 12.8 Å². The summed E-state index contributed by atoms with van der Waals surface area (Å²) in [6.45, 7) is 0.494. The number of hydrogen-bond donors (Lipinski definition) is 3. The highest BCUT2D eigenvalue weighted by molar-refractivity contribution is 6.29. The second kappa shape index (κ2) is 8.52. The summed E-state index contributed by atoms with van der Waals surface area (Å²) in [6, 6.07) is 3.57. The molecule has 1 saturated heterocycles. The minimum atomic E-state index is -0.178. The fraction of sp³-hybridized carbons (Fsp3) is 0.211. The molecule has 0 aromatic carbocycles. The molecule has 1 unspecified atom stereocenters. The number of rotatable bonds is 4. The first kappa shape index (κ1) is 20.0. The molecular formula is C19H18B2ClN5O. The maximum atomic E-state index is 12.7. The molecule has 4 radical (unpaired) electrons. The Bertz CT molecular complexity index is 901. The molecule has 0 spiro atoms. The van der Waals surface area contributed by atoms with Crippen molar-refractivity contribution in [3.63, 3.8) is 0 Å². The van der Waals surface area contributed by atoms with E-state index in [4.69, 9.17) is 38.4 Å². The number of aromatic nitrogens is 1. The highest BCUT2D eigenvalue weighted by atomic mass is 35.5. The van der Waals surface area contributed by atoms with Crippen molar-refractivity contribution in [2.75, 3.05) is 6.54 Å². The van der Waals surface area contributed by atoms with Gasteiger partial charge in [-0.05, 0) is 65.5 Å². The van der Waals surface area contributed by atoms with E-state index in [9.17, 15) is 4.79 Å². The average Bonchev–Trinajstić information content (AvgIpc) is 3.01. The normalized spacial score (nSPS) is 19.5. The Morgan fingerprint density at radius 1 is 1.36 bits per heavy atom. The smallest absolute Gasteiger partial charge is 0.231 e. The van der Waals surface area contributed by atoms with Crippen LogP contribution in [0.1, 0.15) is 12.0 Å². The lowest BCUT2D eigenvalue weighted by Crippen LogP contribution is -2.32. The zero-order valence-corrected chi connectivity index (χ0v) is 15.9. The topological polar surface area (TPSA) is 95.1 Å². The van der Waals surface area contributed by atoms with E-state index in [0.29, 0.717) is 47.0 Å². The Morgan fingerprint density at radius 3 is 2.71 bits per heavy atom. The summed E-state index contributed by atoms with van der Waals surface area (Å²) in [5.74, 6) is -0.165. The number of allylic oxidation sites excluding steroid dienone is 4. The molecule has 0 saturated carbocycles. The standard InChI is InChI=1S/C19H18B2ClN5O/c20-15-8-13(9-16(21)26-15)14(23)2-4-18(24)27-6-5-12(19(27)28)7-11-1-3-17(22)25-10-11/h1-4,8-10,12,24,26H,5-7,23H2/b4-2-,24-18?. The summed E-state index contributed by atoms with van der Waals surface area (Å²) in [5, 5.41) is 11.4. The van der Waals surface area contributed by atoms with Gasteiger partial charge in [-0.3, -0.25) is 15.1 Å². The predicted molar refractivity (Wildman–Crippen MR) is 112 cm³/mol. The fourth-order valence-electron chi connectivity index (χ4n) is 3.12. The maximum Gasteiger partial charge on any atom is 0.231 e. The van der Waals surface area contributed by atoms with Crippen LogP contribution in [0, 0.1) is 11.3 Å². The zero-order chi connectivity index (χ0) is 20.3. The number of halogens is 1. The molecule has 28 heavy (non-hydrogen) atoms. The van der Waals surface area contributed by atoms with Gasteiger partial charge in [0, 0.05) is 24.4 Å². The van der Waals surface area contributed by atoms with Crippen molar-refractivity contribution >= 4 is 39.0 Å². The summed E-state index contributed by atoms with van der Waals surface area (Å²) < 4.78 is 0. The predicted octanol–water partition coefficient (Wildman–Crippen LogP) is 1.50. The number of amidine groups is 1. The molecule has 6 nitrogen and oxygen atoms in total. The van der Waals surface area contributed by atoms with E-state index < -0.39 is 0 Å². The van der Waals surface area contributed by atoms with E-state index in [1.165, 1.54) is 11.0 Å². The molecule has 1 aromatic heterocycles. The molecule has 138 valence electrons. The largest absolute Gasteiger partial charge is 0.398 e. The highest BCUT2D eigenvalue weighted by Crippen LogP contribution is 2.23. The van der Waals surface area contributed by atoms with Crippen molar-refractivity contribution in [1.29, 1.82) is 5.41 Å². The van der Waals surface area contributed by atoms with Crippen LogP contribution in [0.2, 0.25) is 5.15 Å². The van der Waals surface area contributed by atoms with Crippen molar-refractivity contribution < 1.29 is 4.79 Å². The Balaban J connectivity index is 1.65. The van der Waals surface area contributed by atoms with E-state index in [0.717, 1.165) is 5.56 Å². The lowest BCUT2D eigenvalue weighted by Gasteiger charge is -2.16. The quantitative estimate of drug-likeness (QED) is 0.315. The van der Waals surface area contributed by atoms with Crippen LogP contribution < -0.4 is 11.1 Å². The minimum absolute atomic E-state index is 0.0778. The number of carbonyl (C=O) groups is 1. The number of nitrogens with zero attached hydrogens (tertiary/aromatic N) is 2. The van der Waals surface area contributed by atoms with Crippen LogP contribution in [0.3, 0.4) is 0 Å². The minimum Gasteiger partial charge on any atom is -0.398 e. The molecule has 4 N–H and O–H groups in total. The number of amides is 1. The van der Waals surface area contributed by atoms with E-state index >= 15 is 0 Å². The number of hydrogen-bond acceptors (Lipinski definition) is 5. The van der Waals surface area contributed by atoms with Gasteiger partial charge in [0.2, 0.25) is 5.91 Å². The Morgan fingerprint density at radius 2 is 2.07 bits per heavy atom. The first-order valence-electron chi connectivity index (χ1n) is 8.73. The van der Waals surface area contributed by atoms with Crippen LogP contribution in [0.5, 0.6) is 0 Å². The van der Waals surface area contributed by atoms with E-state index in [2.05, 4.69) is 10.3 Å². The monoisotopic (exact) mass is 389 g/mol. The van der Waals surface area contributed by atoms with Gasteiger partial charge < -0.3 is 11.1 Å². The summed E-state index contributed by atoms with van der Waals surface area (Å²) in [6.07, 6.45) is 9.30. The van der Waals surface area contributed by atoms with Crippen LogP contribution in [-0.4, -0.2) is 43.9 Å². The van der Waals surface area contributed by atoms with E-state index in [1.54, 1.807) is 30.5 Å². The molecule has 1 fully saturated rings. The number of nitrogens with two attached hydrogens (primary N) is 1. The van der Waals surface area contributed by atoms with Gasteiger partial charge in [-0.2, -0.15) is 0 Å². The molecule has 1 aromatic rings. The van der Waals surface area contributed by atoms with E-state index in [1.807, 2.05) is 6.07 Å². The first-order valence-corrected chi connectivity index (χ1v) is 9.11. The Hall–Kier alpha value is -2.73. The SMILES string of the molecule is [B]C1=CC(=C(N)/C=C\C(=N)N2CCC(Cc3ccc(Cl)nc3)C2=O)C=C([B])N1. The Labute approximate surface area is 171 Å². The number of likely N-dealkylation sites (tertiary alicyclic amines) is 1. The molecule has 9 heteroatoms. The third-order valence-electron chi connectivity index (χ3n) is 4.54. The number of nitrogens with one attached hydrogen (secondary N) is 2. The molecule has 1 amide bonds. The van der Waals surface area contributed by atoms with Gasteiger partial charge in [0.15, 0.2) is 0 Å². The fourth-order valence-corrected chi connectivity index (χ4v) is 3.23. The molecule has 0 aliphatic carbocycles. The average molecular weight is 389 g/mol. The number of dihydropyridines is 1. The van der Waals surface area contributed by atoms with Gasteiger partial charge >= 0.3 is 0 Å². The Kier molecular flexibility index (Phi) is 6.09. The second-order valence-electron chi connectivity index (χ2n) is 6.62. The number of pyridine rings is 1.